The molecule has 4 nitrogen and oxygen atoms in total. The number of hydrogen-bond donors (Lipinski definition) is 2. The molecule has 0 bridgehead atoms. The summed E-state index contributed by atoms with van der Waals surface area (Å²) in [4.78, 5) is 12.5. The SMILES string of the molecule is CC(Oc1ccc(C(N)=S)cc1)C(=O)NC1CCCCC1. The lowest BCUT2D eigenvalue weighted by atomic mass is 9.95. The zero-order chi connectivity index (χ0) is 15.2. The first kappa shape index (κ1) is 15.8. The molecule has 21 heavy (non-hydrogen) atoms. The van der Waals surface area contributed by atoms with Gasteiger partial charge in [0, 0.05) is 11.6 Å². The molecule has 5 heteroatoms. The summed E-state index contributed by atoms with van der Waals surface area (Å²) in [5, 5.41) is 3.06. The summed E-state index contributed by atoms with van der Waals surface area (Å²) in [6.07, 6.45) is 5.29. The van der Waals surface area contributed by atoms with E-state index in [1.54, 1.807) is 31.2 Å². The van der Waals surface area contributed by atoms with Crippen LogP contribution in [0, 0.1) is 0 Å². The number of thiocarbonyl (C=S) groups is 1. The van der Waals surface area contributed by atoms with E-state index in [1.807, 2.05) is 0 Å². The van der Waals surface area contributed by atoms with Gasteiger partial charge in [-0.05, 0) is 44.0 Å². The number of nitrogens with two attached hydrogens (primary N) is 1. The highest BCUT2D eigenvalue weighted by molar-refractivity contribution is 7.80. The Morgan fingerprint density at radius 2 is 1.90 bits per heavy atom. The molecule has 1 aliphatic carbocycles. The molecule has 0 spiro atoms. The van der Waals surface area contributed by atoms with Crippen molar-refractivity contribution in [3.63, 3.8) is 0 Å². The van der Waals surface area contributed by atoms with E-state index >= 15 is 0 Å². The fourth-order valence-electron chi connectivity index (χ4n) is 2.52. The number of rotatable bonds is 5. The minimum Gasteiger partial charge on any atom is -0.481 e. The summed E-state index contributed by atoms with van der Waals surface area (Å²) in [5.41, 5.74) is 6.33. The lowest BCUT2D eigenvalue weighted by Gasteiger charge is -2.24. The van der Waals surface area contributed by atoms with E-state index in [1.165, 1.54) is 19.3 Å². The number of nitrogens with one attached hydrogen (secondary N) is 1. The normalized spacial score (nSPS) is 17.0. The average Bonchev–Trinajstić information content (AvgIpc) is 2.48. The highest BCUT2D eigenvalue weighted by Crippen LogP contribution is 2.18. The van der Waals surface area contributed by atoms with Gasteiger partial charge in [0.15, 0.2) is 6.10 Å². The van der Waals surface area contributed by atoms with Crippen LogP contribution < -0.4 is 15.8 Å². The Labute approximate surface area is 131 Å². The van der Waals surface area contributed by atoms with Gasteiger partial charge in [-0.15, -0.1) is 0 Å². The largest absolute Gasteiger partial charge is 0.481 e. The van der Waals surface area contributed by atoms with Crippen LogP contribution in [-0.4, -0.2) is 23.0 Å². The second kappa shape index (κ2) is 7.41. The summed E-state index contributed by atoms with van der Waals surface area (Å²) >= 11 is 4.90. The van der Waals surface area contributed by atoms with Crippen LogP contribution in [0.5, 0.6) is 5.75 Å². The third kappa shape index (κ3) is 4.70. The number of carbonyl (C=O) groups is 1. The smallest absolute Gasteiger partial charge is 0.260 e. The molecule has 1 unspecified atom stereocenters. The Morgan fingerprint density at radius 1 is 1.29 bits per heavy atom. The van der Waals surface area contributed by atoms with Crippen LogP contribution in [0.4, 0.5) is 0 Å². The molecule has 1 saturated carbocycles. The number of amides is 1. The van der Waals surface area contributed by atoms with Gasteiger partial charge in [-0.2, -0.15) is 0 Å². The third-order valence-corrected chi connectivity index (χ3v) is 4.01. The average molecular weight is 306 g/mol. The van der Waals surface area contributed by atoms with Crippen molar-refractivity contribution < 1.29 is 9.53 Å². The van der Waals surface area contributed by atoms with Crippen molar-refractivity contribution in [1.29, 1.82) is 0 Å². The first-order chi connectivity index (χ1) is 10.1. The molecule has 114 valence electrons. The van der Waals surface area contributed by atoms with Crippen LogP contribution in [0.3, 0.4) is 0 Å². The van der Waals surface area contributed by atoms with E-state index in [4.69, 9.17) is 22.7 Å². The Bertz CT molecular complexity index is 496. The van der Waals surface area contributed by atoms with Gasteiger partial charge < -0.3 is 15.8 Å². The summed E-state index contributed by atoms with van der Waals surface area (Å²) < 4.78 is 5.66. The maximum atomic E-state index is 12.1. The minimum absolute atomic E-state index is 0.0553. The first-order valence-electron chi connectivity index (χ1n) is 7.43. The highest BCUT2D eigenvalue weighted by atomic mass is 32.1. The van der Waals surface area contributed by atoms with Gasteiger partial charge in [-0.1, -0.05) is 31.5 Å². The van der Waals surface area contributed by atoms with Gasteiger partial charge in [-0.25, -0.2) is 0 Å². The molecule has 1 amide bonds. The first-order valence-corrected chi connectivity index (χ1v) is 7.84. The number of benzene rings is 1. The van der Waals surface area contributed by atoms with Crippen LogP contribution in [0.2, 0.25) is 0 Å². The summed E-state index contributed by atoms with van der Waals surface area (Å²) in [7, 11) is 0. The van der Waals surface area contributed by atoms with Crippen molar-refractivity contribution >= 4 is 23.1 Å². The molecule has 0 aliphatic heterocycles. The molecule has 1 fully saturated rings. The van der Waals surface area contributed by atoms with Crippen molar-refractivity contribution in [2.24, 2.45) is 5.73 Å². The predicted octanol–water partition coefficient (Wildman–Crippen LogP) is 2.54. The van der Waals surface area contributed by atoms with Crippen molar-refractivity contribution in [1.82, 2.24) is 5.32 Å². The number of hydrogen-bond acceptors (Lipinski definition) is 3. The maximum absolute atomic E-state index is 12.1. The van der Waals surface area contributed by atoms with Gasteiger partial charge in [0.05, 0.1) is 0 Å². The van der Waals surface area contributed by atoms with Crippen molar-refractivity contribution in [2.75, 3.05) is 0 Å². The quantitative estimate of drug-likeness (QED) is 0.821. The van der Waals surface area contributed by atoms with Gasteiger partial charge in [0.1, 0.15) is 10.7 Å². The molecule has 1 aromatic carbocycles. The molecule has 1 atom stereocenters. The molecule has 1 aliphatic rings. The molecule has 2 rings (SSSR count). The van der Waals surface area contributed by atoms with Crippen molar-refractivity contribution in [3.8, 4) is 5.75 Å². The molecular weight excluding hydrogens is 284 g/mol. The zero-order valence-electron chi connectivity index (χ0n) is 12.3. The lowest BCUT2D eigenvalue weighted by Crippen LogP contribution is -2.43. The van der Waals surface area contributed by atoms with Crippen LogP contribution in [0.25, 0.3) is 0 Å². The Kier molecular flexibility index (Phi) is 5.56. The fraction of sp³-hybridized carbons (Fsp3) is 0.500. The Morgan fingerprint density at radius 3 is 2.48 bits per heavy atom. The van der Waals surface area contributed by atoms with E-state index in [0.29, 0.717) is 16.8 Å². The maximum Gasteiger partial charge on any atom is 0.260 e. The number of carbonyl (C=O) groups excluding carboxylic acids is 1. The summed E-state index contributed by atoms with van der Waals surface area (Å²) in [6, 6.07) is 7.44. The van der Waals surface area contributed by atoms with Crippen LogP contribution >= 0.6 is 12.2 Å². The standard InChI is InChI=1S/C16H22N2O2S/c1-11(16(19)18-13-5-3-2-4-6-13)20-14-9-7-12(8-10-14)15(17)21/h7-11,13H,2-6H2,1H3,(H2,17,21)(H,18,19). The Balaban J connectivity index is 1.86. The second-order valence-corrected chi connectivity index (χ2v) is 5.93. The predicted molar refractivity (Wildman–Crippen MR) is 87.4 cm³/mol. The van der Waals surface area contributed by atoms with E-state index in [0.717, 1.165) is 18.4 Å². The van der Waals surface area contributed by atoms with Crippen LogP contribution in [0.15, 0.2) is 24.3 Å². The van der Waals surface area contributed by atoms with Gasteiger partial charge >= 0.3 is 0 Å². The van der Waals surface area contributed by atoms with Gasteiger partial charge in [0.25, 0.3) is 5.91 Å². The van der Waals surface area contributed by atoms with Gasteiger partial charge in [0.2, 0.25) is 0 Å². The van der Waals surface area contributed by atoms with E-state index in [-0.39, 0.29) is 5.91 Å². The molecule has 3 N–H and O–H groups in total. The van der Waals surface area contributed by atoms with E-state index in [9.17, 15) is 4.79 Å². The molecule has 0 radical (unpaired) electrons. The molecular formula is C16H22N2O2S. The zero-order valence-corrected chi connectivity index (χ0v) is 13.1. The fourth-order valence-corrected chi connectivity index (χ4v) is 2.66. The van der Waals surface area contributed by atoms with E-state index < -0.39 is 6.10 Å². The van der Waals surface area contributed by atoms with Crippen LogP contribution in [0.1, 0.15) is 44.6 Å². The molecule has 1 aromatic rings. The minimum atomic E-state index is -0.511. The van der Waals surface area contributed by atoms with Gasteiger partial charge in [-0.3, -0.25) is 4.79 Å². The number of ether oxygens (including phenoxy) is 1. The lowest BCUT2D eigenvalue weighted by molar-refractivity contribution is -0.128. The Hall–Kier alpha value is -1.62. The third-order valence-electron chi connectivity index (χ3n) is 3.77. The summed E-state index contributed by atoms with van der Waals surface area (Å²) in [6.45, 7) is 1.76. The van der Waals surface area contributed by atoms with Crippen molar-refractivity contribution in [2.45, 2.75) is 51.2 Å². The highest BCUT2D eigenvalue weighted by Gasteiger charge is 2.20. The topological polar surface area (TPSA) is 64.3 Å². The van der Waals surface area contributed by atoms with Crippen molar-refractivity contribution in [3.05, 3.63) is 29.8 Å². The monoisotopic (exact) mass is 306 g/mol. The van der Waals surface area contributed by atoms with E-state index in [2.05, 4.69) is 5.32 Å². The van der Waals surface area contributed by atoms with Crippen LogP contribution in [-0.2, 0) is 4.79 Å². The molecule has 0 saturated heterocycles. The summed E-state index contributed by atoms with van der Waals surface area (Å²) in [5.74, 6) is 0.585. The molecule has 0 heterocycles. The second-order valence-electron chi connectivity index (χ2n) is 5.49. The molecule has 0 aromatic heterocycles.